The molecule has 0 radical (unpaired) electrons. The average Bonchev–Trinajstić information content (AvgIpc) is 3.19. The standard InChI is InChI=1S/C30H48O3/c1-25(2,11-9-12-27(5)18-14-20-21(15-18)29(20,27)7)32-33-26(3,4)24(31)10-13-28(6)19-16-22-23(17-19)30(22,28)8/h9,11,18-24,31H,10,12-17H2,1-8H3/b11-9+/t18?,19?,20?,21?,22?,23?,24-,27?,28?,29?,30?/m0/s1. The van der Waals surface area contributed by atoms with Crippen molar-refractivity contribution in [2.24, 2.45) is 57.2 Å². The summed E-state index contributed by atoms with van der Waals surface area (Å²) in [5.41, 5.74) is 0.755. The molecule has 1 N–H and O–H groups in total. The van der Waals surface area contributed by atoms with E-state index in [0.717, 1.165) is 54.8 Å². The number of allylic oxidation sites excluding steroid dienone is 1. The summed E-state index contributed by atoms with van der Waals surface area (Å²) in [5, 5.41) is 11.1. The van der Waals surface area contributed by atoms with Crippen molar-refractivity contribution in [1.29, 1.82) is 0 Å². The van der Waals surface area contributed by atoms with Crippen molar-refractivity contribution in [2.45, 2.75) is 118 Å². The maximum atomic E-state index is 11.1. The molecule has 8 rings (SSSR count). The number of rotatable bonds is 10. The fourth-order valence-corrected chi connectivity index (χ4v) is 10.6. The van der Waals surface area contributed by atoms with E-state index in [1.807, 2.05) is 13.8 Å². The Bertz CT molecular complexity index is 848. The topological polar surface area (TPSA) is 38.7 Å². The molecular formula is C30H48O3. The lowest BCUT2D eigenvalue weighted by Gasteiger charge is -2.38. The van der Waals surface area contributed by atoms with Crippen molar-refractivity contribution in [2.75, 3.05) is 0 Å². The number of hydrogen-bond acceptors (Lipinski definition) is 3. The summed E-state index contributed by atoms with van der Waals surface area (Å²) in [5.74, 6) is 5.72. The summed E-state index contributed by atoms with van der Waals surface area (Å²) in [7, 11) is 0. The Balaban J connectivity index is 1.00. The molecule has 0 aromatic rings. The van der Waals surface area contributed by atoms with E-state index < -0.39 is 17.3 Å². The molecule has 3 heteroatoms. The van der Waals surface area contributed by atoms with Gasteiger partial charge < -0.3 is 5.11 Å². The van der Waals surface area contributed by atoms with Gasteiger partial charge in [-0.15, -0.1) is 0 Å². The van der Waals surface area contributed by atoms with E-state index in [-0.39, 0.29) is 0 Å². The molecule has 7 atom stereocenters. The Morgan fingerprint density at radius 3 is 1.76 bits per heavy atom. The maximum Gasteiger partial charge on any atom is 0.124 e. The third-order valence-electron chi connectivity index (χ3n) is 13.5. The summed E-state index contributed by atoms with van der Waals surface area (Å²) in [6.07, 6.45) is 12.8. The quantitative estimate of drug-likeness (QED) is 0.220. The van der Waals surface area contributed by atoms with Gasteiger partial charge in [0, 0.05) is 0 Å². The molecule has 8 aliphatic rings. The van der Waals surface area contributed by atoms with Gasteiger partial charge in [0.05, 0.1) is 6.10 Å². The van der Waals surface area contributed by atoms with Crippen LogP contribution < -0.4 is 0 Å². The largest absolute Gasteiger partial charge is 0.390 e. The van der Waals surface area contributed by atoms with Gasteiger partial charge in [0.15, 0.2) is 0 Å². The van der Waals surface area contributed by atoms with E-state index in [4.69, 9.17) is 9.78 Å². The zero-order chi connectivity index (χ0) is 23.8. The van der Waals surface area contributed by atoms with E-state index in [0.29, 0.717) is 21.7 Å². The van der Waals surface area contributed by atoms with E-state index >= 15 is 0 Å². The zero-order valence-corrected chi connectivity index (χ0v) is 22.4. The van der Waals surface area contributed by atoms with Crippen molar-refractivity contribution in [3.8, 4) is 0 Å². The Labute approximate surface area is 202 Å². The average molecular weight is 457 g/mol. The van der Waals surface area contributed by atoms with Crippen LogP contribution in [0.15, 0.2) is 12.2 Å². The Morgan fingerprint density at radius 1 is 0.818 bits per heavy atom. The van der Waals surface area contributed by atoms with Crippen LogP contribution in [0.2, 0.25) is 0 Å². The van der Waals surface area contributed by atoms with Gasteiger partial charge in [-0.05, 0) is 130 Å². The smallest absolute Gasteiger partial charge is 0.124 e. The van der Waals surface area contributed by atoms with E-state index in [1.165, 1.54) is 25.7 Å². The first-order valence-electron chi connectivity index (χ1n) is 13.9. The fourth-order valence-electron chi connectivity index (χ4n) is 10.6. The third kappa shape index (κ3) is 2.74. The molecule has 33 heavy (non-hydrogen) atoms. The van der Waals surface area contributed by atoms with E-state index in [2.05, 4.69) is 53.7 Å². The SMILES string of the molecule is CC(C)(/C=C/CC1(C)C2CC3C(C2)C31C)OOC(C)(C)[C@@H](O)CCC1(C)C2CC3C(C2)C31C. The van der Waals surface area contributed by atoms with Crippen LogP contribution in [0.5, 0.6) is 0 Å². The van der Waals surface area contributed by atoms with Crippen LogP contribution in [0.25, 0.3) is 0 Å². The van der Waals surface area contributed by atoms with Gasteiger partial charge in [0.25, 0.3) is 0 Å². The molecule has 8 aliphatic carbocycles. The summed E-state index contributed by atoms with van der Waals surface area (Å²) in [6, 6.07) is 0. The van der Waals surface area contributed by atoms with Gasteiger partial charge in [0.1, 0.15) is 11.2 Å². The minimum absolute atomic E-state index is 0.399. The summed E-state index contributed by atoms with van der Waals surface area (Å²) < 4.78 is 0. The summed E-state index contributed by atoms with van der Waals surface area (Å²) in [4.78, 5) is 11.9. The molecule has 0 amide bonds. The molecule has 8 fully saturated rings. The Hall–Kier alpha value is -0.380. The zero-order valence-electron chi connectivity index (χ0n) is 22.4. The first-order valence-corrected chi connectivity index (χ1v) is 13.9. The Kier molecular flexibility index (Phi) is 4.53. The molecule has 0 saturated heterocycles. The van der Waals surface area contributed by atoms with Gasteiger partial charge in [0.2, 0.25) is 0 Å². The molecule has 0 heterocycles. The highest BCUT2D eigenvalue weighted by molar-refractivity contribution is 5.30. The monoisotopic (exact) mass is 456 g/mol. The highest BCUT2D eigenvalue weighted by Crippen LogP contribution is 2.87. The summed E-state index contributed by atoms with van der Waals surface area (Å²) >= 11 is 0. The van der Waals surface area contributed by atoms with Crippen molar-refractivity contribution < 1.29 is 14.9 Å². The normalized spacial score (nSPS) is 54.0. The first-order chi connectivity index (χ1) is 15.2. The first kappa shape index (κ1) is 23.0. The van der Waals surface area contributed by atoms with Gasteiger partial charge in [-0.3, -0.25) is 0 Å². The molecule has 186 valence electrons. The molecule has 3 nitrogen and oxygen atoms in total. The molecule has 8 bridgehead atoms. The van der Waals surface area contributed by atoms with Gasteiger partial charge in [-0.2, -0.15) is 0 Å². The maximum absolute atomic E-state index is 11.1. The highest BCUT2D eigenvalue weighted by Gasteiger charge is 2.81. The van der Waals surface area contributed by atoms with Gasteiger partial charge >= 0.3 is 0 Å². The second kappa shape index (κ2) is 6.48. The van der Waals surface area contributed by atoms with Crippen molar-refractivity contribution in [3.05, 3.63) is 12.2 Å². The van der Waals surface area contributed by atoms with Crippen molar-refractivity contribution >= 4 is 0 Å². The number of aliphatic hydroxyl groups excluding tert-OH is 1. The van der Waals surface area contributed by atoms with Crippen LogP contribution in [0.4, 0.5) is 0 Å². The minimum atomic E-state index is -0.722. The van der Waals surface area contributed by atoms with Gasteiger partial charge in [-0.25, -0.2) is 9.78 Å². The van der Waals surface area contributed by atoms with Crippen LogP contribution in [0.1, 0.15) is 100 Å². The second-order valence-corrected chi connectivity index (χ2v) is 15.2. The van der Waals surface area contributed by atoms with Crippen LogP contribution in [-0.2, 0) is 9.78 Å². The third-order valence-corrected chi connectivity index (χ3v) is 13.5. The van der Waals surface area contributed by atoms with Crippen molar-refractivity contribution in [3.63, 3.8) is 0 Å². The molecule has 8 saturated carbocycles. The lowest BCUT2D eigenvalue weighted by atomic mass is 9.70. The fraction of sp³-hybridized carbons (Fsp3) is 0.933. The predicted octanol–water partition coefficient (Wildman–Crippen LogP) is 6.94. The molecule has 6 unspecified atom stereocenters. The van der Waals surface area contributed by atoms with Gasteiger partial charge in [-0.1, -0.05) is 39.8 Å². The molecule has 0 aromatic heterocycles. The van der Waals surface area contributed by atoms with Crippen LogP contribution >= 0.6 is 0 Å². The minimum Gasteiger partial charge on any atom is -0.390 e. The number of aliphatic hydroxyl groups is 1. The van der Waals surface area contributed by atoms with Crippen molar-refractivity contribution in [1.82, 2.24) is 0 Å². The molecule has 0 aromatic carbocycles. The van der Waals surface area contributed by atoms with E-state index in [9.17, 15) is 5.11 Å². The van der Waals surface area contributed by atoms with Crippen LogP contribution in [-0.4, -0.2) is 22.4 Å². The lowest BCUT2D eigenvalue weighted by molar-refractivity contribution is -0.403. The molecule has 0 aliphatic heterocycles. The molecule has 0 spiro atoms. The second-order valence-electron chi connectivity index (χ2n) is 15.2. The van der Waals surface area contributed by atoms with Crippen LogP contribution in [0.3, 0.4) is 0 Å². The Morgan fingerprint density at radius 2 is 1.30 bits per heavy atom. The highest BCUT2D eigenvalue weighted by atomic mass is 17.2. The lowest BCUT2D eigenvalue weighted by Crippen LogP contribution is -2.42. The van der Waals surface area contributed by atoms with E-state index in [1.54, 1.807) is 0 Å². The van der Waals surface area contributed by atoms with Crippen LogP contribution in [0, 0.1) is 57.2 Å². The summed E-state index contributed by atoms with van der Waals surface area (Å²) in [6.45, 7) is 18.1. The number of hydrogen-bond donors (Lipinski definition) is 1. The predicted molar refractivity (Wildman–Crippen MR) is 131 cm³/mol. The molecular weight excluding hydrogens is 408 g/mol.